The Balaban J connectivity index is 2.52. The molecule has 3 nitrogen and oxygen atoms in total. The van der Waals surface area contributed by atoms with Crippen LogP contribution < -0.4 is 11.3 Å². The van der Waals surface area contributed by atoms with E-state index < -0.39 is 0 Å². The molecular formula is C8H15N3S. The summed E-state index contributed by atoms with van der Waals surface area (Å²) < 4.78 is 0. The van der Waals surface area contributed by atoms with Gasteiger partial charge in [0, 0.05) is 22.8 Å². The highest BCUT2D eigenvalue weighted by atomic mass is 32.1. The SMILES string of the molecule is CN(C)Cc1ccc(CNN)s1. The van der Waals surface area contributed by atoms with Crippen molar-refractivity contribution in [3.05, 3.63) is 21.9 Å². The fraction of sp³-hybridized carbons (Fsp3) is 0.500. The first kappa shape index (κ1) is 9.67. The number of nitrogens with one attached hydrogen (secondary N) is 1. The Labute approximate surface area is 77.2 Å². The van der Waals surface area contributed by atoms with Crippen LogP contribution in [0, 0.1) is 0 Å². The maximum absolute atomic E-state index is 5.22. The summed E-state index contributed by atoms with van der Waals surface area (Å²) in [5.74, 6) is 5.22. The van der Waals surface area contributed by atoms with E-state index in [9.17, 15) is 0 Å². The monoisotopic (exact) mass is 185 g/mol. The topological polar surface area (TPSA) is 41.3 Å². The second-order valence-electron chi connectivity index (χ2n) is 2.99. The molecule has 1 heterocycles. The third kappa shape index (κ3) is 2.91. The van der Waals surface area contributed by atoms with Crippen molar-refractivity contribution in [1.82, 2.24) is 10.3 Å². The molecule has 0 atom stereocenters. The van der Waals surface area contributed by atoms with Gasteiger partial charge in [-0.2, -0.15) is 0 Å². The number of nitrogens with zero attached hydrogens (tertiary/aromatic N) is 1. The van der Waals surface area contributed by atoms with Crippen LogP contribution in [0.1, 0.15) is 9.75 Å². The third-order valence-electron chi connectivity index (χ3n) is 1.47. The summed E-state index contributed by atoms with van der Waals surface area (Å²) in [5, 5.41) is 0. The molecule has 68 valence electrons. The van der Waals surface area contributed by atoms with Crippen molar-refractivity contribution >= 4 is 11.3 Å². The molecule has 0 saturated heterocycles. The van der Waals surface area contributed by atoms with Crippen LogP contribution in [-0.2, 0) is 13.1 Å². The van der Waals surface area contributed by atoms with Crippen LogP contribution in [-0.4, -0.2) is 19.0 Å². The Morgan fingerprint density at radius 1 is 1.42 bits per heavy atom. The van der Waals surface area contributed by atoms with Crippen LogP contribution in [0.15, 0.2) is 12.1 Å². The molecule has 0 aliphatic carbocycles. The summed E-state index contributed by atoms with van der Waals surface area (Å²) in [5.41, 5.74) is 2.65. The van der Waals surface area contributed by atoms with E-state index in [4.69, 9.17) is 5.84 Å². The largest absolute Gasteiger partial charge is 0.304 e. The number of hydrazine groups is 1. The van der Waals surface area contributed by atoms with Gasteiger partial charge >= 0.3 is 0 Å². The normalized spacial score (nSPS) is 11.0. The van der Waals surface area contributed by atoms with E-state index in [0.29, 0.717) is 0 Å². The molecule has 0 aliphatic heterocycles. The zero-order valence-corrected chi connectivity index (χ0v) is 8.32. The lowest BCUT2D eigenvalue weighted by Gasteiger charge is -2.05. The highest BCUT2D eigenvalue weighted by molar-refractivity contribution is 7.11. The molecule has 0 amide bonds. The zero-order chi connectivity index (χ0) is 8.97. The van der Waals surface area contributed by atoms with Crippen molar-refractivity contribution < 1.29 is 0 Å². The van der Waals surface area contributed by atoms with Gasteiger partial charge in [0.15, 0.2) is 0 Å². The number of thiophene rings is 1. The van der Waals surface area contributed by atoms with Gasteiger partial charge in [-0.15, -0.1) is 11.3 Å². The molecular weight excluding hydrogens is 170 g/mol. The summed E-state index contributed by atoms with van der Waals surface area (Å²) in [4.78, 5) is 4.82. The first-order valence-corrected chi connectivity index (χ1v) is 4.70. The van der Waals surface area contributed by atoms with Crippen molar-refractivity contribution in [2.75, 3.05) is 14.1 Å². The second kappa shape index (κ2) is 4.57. The van der Waals surface area contributed by atoms with Gasteiger partial charge < -0.3 is 4.90 Å². The molecule has 0 unspecified atom stereocenters. The Morgan fingerprint density at radius 2 is 2.08 bits per heavy atom. The minimum Gasteiger partial charge on any atom is -0.304 e. The molecule has 0 saturated carbocycles. The van der Waals surface area contributed by atoms with Crippen molar-refractivity contribution in [1.29, 1.82) is 0 Å². The van der Waals surface area contributed by atoms with Gasteiger partial charge in [0.05, 0.1) is 0 Å². The summed E-state index contributed by atoms with van der Waals surface area (Å²) in [7, 11) is 4.14. The number of rotatable bonds is 4. The van der Waals surface area contributed by atoms with E-state index in [-0.39, 0.29) is 0 Å². The van der Waals surface area contributed by atoms with Crippen molar-refractivity contribution in [2.45, 2.75) is 13.1 Å². The van der Waals surface area contributed by atoms with Gasteiger partial charge in [-0.1, -0.05) is 0 Å². The average molecular weight is 185 g/mol. The van der Waals surface area contributed by atoms with E-state index in [1.54, 1.807) is 11.3 Å². The number of hydrogen-bond acceptors (Lipinski definition) is 4. The third-order valence-corrected chi connectivity index (χ3v) is 2.54. The molecule has 0 spiro atoms. The van der Waals surface area contributed by atoms with Gasteiger partial charge in [-0.05, 0) is 26.2 Å². The van der Waals surface area contributed by atoms with Crippen molar-refractivity contribution in [3.63, 3.8) is 0 Å². The molecule has 0 fully saturated rings. The second-order valence-corrected chi connectivity index (χ2v) is 4.24. The van der Waals surface area contributed by atoms with Crippen LogP contribution in [0.2, 0.25) is 0 Å². The summed E-state index contributed by atoms with van der Waals surface area (Å²) in [6.07, 6.45) is 0. The number of nitrogens with two attached hydrogens (primary N) is 1. The smallest absolute Gasteiger partial charge is 0.0442 e. The predicted molar refractivity (Wildman–Crippen MR) is 52.7 cm³/mol. The molecule has 1 aromatic heterocycles. The molecule has 4 heteroatoms. The molecule has 0 aromatic carbocycles. The molecule has 1 rings (SSSR count). The fourth-order valence-electron chi connectivity index (χ4n) is 1.01. The van der Waals surface area contributed by atoms with E-state index in [2.05, 4.69) is 36.6 Å². The Bertz CT molecular complexity index is 232. The van der Waals surface area contributed by atoms with Gasteiger partial charge in [0.2, 0.25) is 0 Å². The molecule has 0 radical (unpaired) electrons. The molecule has 0 bridgehead atoms. The summed E-state index contributed by atoms with van der Waals surface area (Å²) in [6.45, 7) is 1.77. The number of hydrogen-bond donors (Lipinski definition) is 2. The van der Waals surface area contributed by atoms with Crippen molar-refractivity contribution in [3.8, 4) is 0 Å². The van der Waals surface area contributed by atoms with E-state index >= 15 is 0 Å². The molecule has 3 N–H and O–H groups in total. The zero-order valence-electron chi connectivity index (χ0n) is 7.50. The lowest BCUT2D eigenvalue weighted by Crippen LogP contribution is -2.19. The average Bonchev–Trinajstić information content (AvgIpc) is 2.36. The Morgan fingerprint density at radius 3 is 2.67 bits per heavy atom. The molecule has 12 heavy (non-hydrogen) atoms. The molecule has 1 aromatic rings. The highest BCUT2D eigenvalue weighted by Crippen LogP contribution is 2.16. The summed E-state index contributed by atoms with van der Waals surface area (Å²) >= 11 is 1.80. The van der Waals surface area contributed by atoms with Crippen LogP contribution in [0.25, 0.3) is 0 Å². The maximum atomic E-state index is 5.22. The molecule has 0 aliphatic rings. The Kier molecular flexibility index (Phi) is 3.68. The van der Waals surface area contributed by atoms with Crippen LogP contribution in [0.3, 0.4) is 0 Å². The van der Waals surface area contributed by atoms with E-state index in [1.807, 2.05) is 0 Å². The van der Waals surface area contributed by atoms with Crippen LogP contribution in [0.4, 0.5) is 0 Å². The lowest BCUT2D eigenvalue weighted by atomic mass is 10.4. The lowest BCUT2D eigenvalue weighted by molar-refractivity contribution is 0.406. The van der Waals surface area contributed by atoms with E-state index in [0.717, 1.165) is 13.1 Å². The summed E-state index contributed by atoms with van der Waals surface area (Å²) in [6, 6.07) is 4.26. The van der Waals surface area contributed by atoms with Gasteiger partial charge in [-0.25, -0.2) is 0 Å². The predicted octanol–water partition coefficient (Wildman–Crippen LogP) is 0.773. The quantitative estimate of drug-likeness (QED) is 0.538. The Hall–Kier alpha value is -0.420. The van der Waals surface area contributed by atoms with E-state index in [1.165, 1.54) is 9.75 Å². The minimum absolute atomic E-state index is 0.762. The van der Waals surface area contributed by atoms with Gasteiger partial charge in [-0.3, -0.25) is 11.3 Å². The minimum atomic E-state index is 0.762. The first-order chi connectivity index (χ1) is 5.72. The highest BCUT2D eigenvalue weighted by Gasteiger charge is 1.99. The maximum Gasteiger partial charge on any atom is 0.0442 e. The van der Waals surface area contributed by atoms with Crippen LogP contribution >= 0.6 is 11.3 Å². The first-order valence-electron chi connectivity index (χ1n) is 3.88. The van der Waals surface area contributed by atoms with Gasteiger partial charge in [0.1, 0.15) is 0 Å². The standard InChI is InChI=1S/C8H15N3S/c1-11(2)6-8-4-3-7(12-8)5-10-9/h3-4,10H,5-6,9H2,1-2H3. The van der Waals surface area contributed by atoms with Crippen molar-refractivity contribution in [2.24, 2.45) is 5.84 Å². The van der Waals surface area contributed by atoms with Crippen LogP contribution in [0.5, 0.6) is 0 Å². The fourth-order valence-corrected chi connectivity index (χ4v) is 2.10. The van der Waals surface area contributed by atoms with Gasteiger partial charge in [0.25, 0.3) is 0 Å².